The third kappa shape index (κ3) is 5.06. The summed E-state index contributed by atoms with van der Waals surface area (Å²) in [5.74, 6) is 0.727. The van der Waals surface area contributed by atoms with E-state index in [1.54, 1.807) is 18.2 Å². The first-order valence-corrected chi connectivity index (χ1v) is 11.5. The highest BCUT2D eigenvalue weighted by atomic mass is 79.9. The van der Waals surface area contributed by atoms with E-state index in [2.05, 4.69) is 57.5 Å². The lowest BCUT2D eigenvalue weighted by Crippen LogP contribution is -2.34. The van der Waals surface area contributed by atoms with E-state index in [9.17, 15) is 4.79 Å². The van der Waals surface area contributed by atoms with Crippen molar-refractivity contribution < 1.29 is 9.21 Å². The van der Waals surface area contributed by atoms with Gasteiger partial charge in [-0.05, 0) is 78.7 Å². The van der Waals surface area contributed by atoms with Gasteiger partial charge >= 0.3 is 0 Å². The Bertz CT molecular complexity index is 1300. The maximum absolute atomic E-state index is 12.4. The minimum absolute atomic E-state index is 0.211. The van der Waals surface area contributed by atoms with Gasteiger partial charge in [0.15, 0.2) is 10.7 Å². The van der Waals surface area contributed by atoms with E-state index in [1.165, 1.54) is 5.56 Å². The number of carbonyl (C=O) groups is 1. The van der Waals surface area contributed by atoms with Gasteiger partial charge in [0.25, 0.3) is 5.91 Å². The predicted molar refractivity (Wildman–Crippen MR) is 136 cm³/mol. The Balaban J connectivity index is 1.49. The number of nitrogens with one attached hydrogen (secondary N) is 2. The number of aromatic nitrogens is 1. The molecule has 0 aliphatic rings. The van der Waals surface area contributed by atoms with Crippen LogP contribution in [-0.2, 0) is 0 Å². The Kier molecular flexibility index (Phi) is 6.67. The van der Waals surface area contributed by atoms with E-state index >= 15 is 0 Å². The Morgan fingerprint density at radius 1 is 1.12 bits per heavy atom. The van der Waals surface area contributed by atoms with Gasteiger partial charge in [-0.3, -0.25) is 10.1 Å². The molecular weight excluding hydrogens is 486 g/mol. The molecule has 0 bridgehead atoms. The van der Waals surface area contributed by atoms with Crippen LogP contribution in [0.25, 0.3) is 22.6 Å². The summed E-state index contributed by atoms with van der Waals surface area (Å²) < 4.78 is 6.80. The highest BCUT2D eigenvalue weighted by Gasteiger charge is 2.12. The molecule has 7 heteroatoms. The molecule has 4 rings (SSSR count). The first-order chi connectivity index (χ1) is 15.4. The van der Waals surface area contributed by atoms with Crippen LogP contribution in [0.2, 0.25) is 0 Å². The number of anilines is 1. The van der Waals surface area contributed by atoms with Crippen LogP contribution < -0.4 is 10.6 Å². The van der Waals surface area contributed by atoms with E-state index in [0.29, 0.717) is 17.4 Å². The molecule has 4 aromatic rings. The zero-order valence-corrected chi connectivity index (χ0v) is 20.1. The minimum atomic E-state index is -0.281. The summed E-state index contributed by atoms with van der Waals surface area (Å²) in [4.78, 5) is 17.1. The Morgan fingerprint density at radius 3 is 2.72 bits per heavy atom. The van der Waals surface area contributed by atoms with Crippen molar-refractivity contribution in [3.05, 3.63) is 82.3 Å². The van der Waals surface area contributed by atoms with Crippen LogP contribution in [0.5, 0.6) is 0 Å². The molecule has 2 N–H and O–H groups in total. The van der Waals surface area contributed by atoms with Crippen LogP contribution in [0.1, 0.15) is 42.1 Å². The second-order valence-electron chi connectivity index (χ2n) is 7.55. The third-order valence-corrected chi connectivity index (χ3v) is 5.97. The zero-order chi connectivity index (χ0) is 22.7. The average molecular weight is 508 g/mol. The van der Waals surface area contributed by atoms with Gasteiger partial charge in [0.2, 0.25) is 5.89 Å². The fraction of sp³-hybridized carbons (Fsp3) is 0.160. The number of oxazole rings is 1. The topological polar surface area (TPSA) is 67.2 Å². The van der Waals surface area contributed by atoms with Crippen LogP contribution in [0.3, 0.4) is 0 Å². The zero-order valence-electron chi connectivity index (χ0n) is 17.7. The molecule has 0 radical (unpaired) electrons. The predicted octanol–water partition coefficient (Wildman–Crippen LogP) is 6.90. The van der Waals surface area contributed by atoms with Gasteiger partial charge in [0.05, 0.1) is 0 Å². The first-order valence-electron chi connectivity index (χ1n) is 10.3. The number of benzene rings is 3. The summed E-state index contributed by atoms with van der Waals surface area (Å²) in [7, 11) is 0. The molecule has 0 fully saturated rings. The van der Waals surface area contributed by atoms with Crippen molar-refractivity contribution in [2.75, 3.05) is 5.32 Å². The molecular formula is C25H22BrN3O2S. The van der Waals surface area contributed by atoms with E-state index in [4.69, 9.17) is 16.6 Å². The van der Waals surface area contributed by atoms with Crippen molar-refractivity contribution in [2.24, 2.45) is 0 Å². The molecule has 0 saturated carbocycles. The molecule has 1 amide bonds. The number of nitrogens with zero attached hydrogens (tertiary/aromatic N) is 1. The Hall–Kier alpha value is -3.03. The number of rotatable bonds is 5. The molecule has 0 aliphatic heterocycles. The summed E-state index contributed by atoms with van der Waals surface area (Å²) in [6.07, 6.45) is 1.07. The second kappa shape index (κ2) is 9.63. The van der Waals surface area contributed by atoms with E-state index < -0.39 is 0 Å². The maximum Gasteiger partial charge on any atom is 0.257 e. The second-order valence-corrected chi connectivity index (χ2v) is 8.88. The highest BCUT2D eigenvalue weighted by molar-refractivity contribution is 9.10. The first kappa shape index (κ1) is 22.2. The van der Waals surface area contributed by atoms with Crippen LogP contribution in [-0.4, -0.2) is 16.0 Å². The van der Waals surface area contributed by atoms with Crippen molar-refractivity contribution in [1.82, 2.24) is 10.3 Å². The largest absolute Gasteiger partial charge is 0.436 e. The van der Waals surface area contributed by atoms with Gasteiger partial charge in [0, 0.05) is 21.3 Å². The standard InChI is InChI=1S/C25H22BrN3O2S/c1-3-15(2)16-10-11-22-21(14-16)28-24(31-22)18-7-5-9-20(13-18)27-25(32)29-23(30)17-6-4-8-19(26)12-17/h4-15H,3H2,1-2H3,(H2,27,29,30,32). The lowest BCUT2D eigenvalue weighted by molar-refractivity contribution is 0.0977. The van der Waals surface area contributed by atoms with Gasteiger partial charge in [-0.1, -0.05) is 48.0 Å². The van der Waals surface area contributed by atoms with E-state index in [0.717, 1.165) is 33.2 Å². The molecule has 5 nitrogen and oxygen atoms in total. The Labute approximate surface area is 200 Å². The van der Waals surface area contributed by atoms with Gasteiger partial charge in [0.1, 0.15) is 5.52 Å². The van der Waals surface area contributed by atoms with Gasteiger partial charge in [-0.2, -0.15) is 0 Å². The van der Waals surface area contributed by atoms with Gasteiger partial charge in [-0.25, -0.2) is 4.98 Å². The van der Waals surface area contributed by atoms with Crippen LogP contribution in [0.15, 0.2) is 75.6 Å². The van der Waals surface area contributed by atoms with Crippen LogP contribution in [0, 0.1) is 0 Å². The van der Waals surface area contributed by atoms with Crippen molar-refractivity contribution in [3.8, 4) is 11.5 Å². The molecule has 0 aliphatic carbocycles. The number of carbonyl (C=O) groups excluding carboxylic acids is 1. The lowest BCUT2D eigenvalue weighted by Gasteiger charge is -2.10. The molecule has 162 valence electrons. The summed E-state index contributed by atoms with van der Waals surface area (Å²) >= 11 is 8.68. The molecule has 0 saturated heterocycles. The summed E-state index contributed by atoms with van der Waals surface area (Å²) in [5, 5.41) is 5.96. The Morgan fingerprint density at radius 2 is 1.94 bits per heavy atom. The van der Waals surface area contributed by atoms with Crippen molar-refractivity contribution in [3.63, 3.8) is 0 Å². The summed E-state index contributed by atoms with van der Waals surface area (Å²) in [6.45, 7) is 4.38. The number of thiocarbonyl (C=S) groups is 1. The average Bonchev–Trinajstić information content (AvgIpc) is 3.22. The summed E-state index contributed by atoms with van der Waals surface area (Å²) in [6, 6.07) is 20.8. The van der Waals surface area contributed by atoms with Gasteiger partial charge in [-0.15, -0.1) is 0 Å². The fourth-order valence-corrected chi connectivity index (χ4v) is 3.92. The molecule has 1 aromatic heterocycles. The normalized spacial score (nSPS) is 11.8. The molecule has 1 atom stereocenters. The van der Waals surface area contributed by atoms with Gasteiger partial charge < -0.3 is 9.73 Å². The molecule has 1 heterocycles. The number of fused-ring (bicyclic) bond motifs is 1. The molecule has 0 spiro atoms. The number of hydrogen-bond donors (Lipinski definition) is 2. The van der Waals surface area contributed by atoms with Crippen LogP contribution >= 0.6 is 28.1 Å². The van der Waals surface area contributed by atoms with Crippen molar-refractivity contribution >= 4 is 56.0 Å². The molecule has 32 heavy (non-hydrogen) atoms. The highest BCUT2D eigenvalue weighted by Crippen LogP contribution is 2.29. The number of amides is 1. The van der Waals surface area contributed by atoms with E-state index in [-0.39, 0.29) is 11.0 Å². The fourth-order valence-electron chi connectivity index (χ4n) is 3.31. The number of halogens is 1. The van der Waals surface area contributed by atoms with Crippen LogP contribution in [0.4, 0.5) is 5.69 Å². The number of hydrogen-bond acceptors (Lipinski definition) is 4. The van der Waals surface area contributed by atoms with Crippen molar-refractivity contribution in [2.45, 2.75) is 26.2 Å². The third-order valence-electron chi connectivity index (χ3n) is 5.27. The molecule has 3 aromatic carbocycles. The quantitative estimate of drug-likeness (QED) is 0.287. The van der Waals surface area contributed by atoms with E-state index in [1.807, 2.05) is 36.4 Å². The summed E-state index contributed by atoms with van der Waals surface area (Å²) in [5.41, 5.74) is 4.90. The minimum Gasteiger partial charge on any atom is -0.436 e. The monoisotopic (exact) mass is 507 g/mol. The maximum atomic E-state index is 12.4. The van der Waals surface area contributed by atoms with Crippen molar-refractivity contribution in [1.29, 1.82) is 0 Å². The SMILES string of the molecule is CCC(C)c1ccc2oc(-c3cccc(NC(=S)NC(=O)c4cccc(Br)c4)c3)nc2c1. The molecule has 1 unspecified atom stereocenters. The smallest absolute Gasteiger partial charge is 0.257 e. The lowest BCUT2D eigenvalue weighted by atomic mass is 9.98.